The summed E-state index contributed by atoms with van der Waals surface area (Å²) in [6.07, 6.45) is 4.47. The molecule has 0 spiro atoms. The van der Waals surface area contributed by atoms with Crippen LogP contribution in [0.3, 0.4) is 0 Å². The summed E-state index contributed by atoms with van der Waals surface area (Å²) in [4.78, 5) is 12.9. The van der Waals surface area contributed by atoms with Crippen LogP contribution in [-0.4, -0.2) is 34.1 Å². The molecule has 0 radical (unpaired) electrons. The average molecular weight is 295 g/mol. The van der Waals surface area contributed by atoms with Crippen LogP contribution < -0.4 is 5.32 Å². The zero-order valence-electron chi connectivity index (χ0n) is 11.9. The van der Waals surface area contributed by atoms with Gasteiger partial charge in [-0.3, -0.25) is 9.00 Å². The SMILES string of the molecule is CS(=O)c1ccc(C(=O)NC2CCCC2(C)CO)cc1. The third-order valence-corrected chi connectivity index (χ3v) is 5.13. The Morgan fingerprint density at radius 2 is 2.10 bits per heavy atom. The van der Waals surface area contributed by atoms with Crippen molar-refractivity contribution in [3.8, 4) is 0 Å². The normalized spacial score (nSPS) is 27.2. The van der Waals surface area contributed by atoms with Crippen molar-refractivity contribution in [2.45, 2.75) is 37.1 Å². The maximum absolute atomic E-state index is 12.2. The first-order chi connectivity index (χ1) is 9.46. The molecule has 2 N–H and O–H groups in total. The Morgan fingerprint density at radius 3 is 2.65 bits per heavy atom. The minimum Gasteiger partial charge on any atom is -0.396 e. The minimum atomic E-state index is -1.03. The predicted molar refractivity (Wildman–Crippen MR) is 79.1 cm³/mol. The van der Waals surface area contributed by atoms with Crippen LogP contribution >= 0.6 is 0 Å². The van der Waals surface area contributed by atoms with Crippen molar-refractivity contribution in [3.63, 3.8) is 0 Å². The van der Waals surface area contributed by atoms with Gasteiger partial charge in [0.2, 0.25) is 0 Å². The molecule has 1 aliphatic carbocycles. The summed E-state index contributed by atoms with van der Waals surface area (Å²) in [6.45, 7) is 2.10. The number of benzene rings is 1. The molecule has 0 heterocycles. The van der Waals surface area contributed by atoms with E-state index in [2.05, 4.69) is 5.32 Å². The highest BCUT2D eigenvalue weighted by Crippen LogP contribution is 2.37. The summed E-state index contributed by atoms with van der Waals surface area (Å²) in [5.74, 6) is -0.134. The van der Waals surface area contributed by atoms with Gasteiger partial charge in [-0.2, -0.15) is 0 Å². The van der Waals surface area contributed by atoms with Crippen molar-refractivity contribution in [1.82, 2.24) is 5.32 Å². The Hall–Kier alpha value is -1.20. The van der Waals surface area contributed by atoms with E-state index in [0.29, 0.717) is 10.5 Å². The average Bonchev–Trinajstić information content (AvgIpc) is 2.81. The zero-order valence-corrected chi connectivity index (χ0v) is 12.7. The van der Waals surface area contributed by atoms with Crippen LogP contribution in [0.5, 0.6) is 0 Å². The van der Waals surface area contributed by atoms with E-state index >= 15 is 0 Å². The zero-order chi connectivity index (χ0) is 14.8. The first kappa shape index (κ1) is 15.2. The summed E-state index contributed by atoms with van der Waals surface area (Å²) in [6, 6.07) is 6.82. The van der Waals surface area contributed by atoms with Gasteiger partial charge in [-0.25, -0.2) is 0 Å². The third-order valence-electron chi connectivity index (χ3n) is 4.20. The van der Waals surface area contributed by atoms with Crippen molar-refractivity contribution in [1.29, 1.82) is 0 Å². The van der Waals surface area contributed by atoms with Gasteiger partial charge in [0.15, 0.2) is 0 Å². The Labute approximate surface area is 122 Å². The molecule has 0 saturated heterocycles. The Balaban J connectivity index is 2.06. The van der Waals surface area contributed by atoms with Crippen LogP contribution in [0.2, 0.25) is 0 Å². The third kappa shape index (κ3) is 3.10. The number of aliphatic hydroxyl groups excluding tert-OH is 1. The van der Waals surface area contributed by atoms with Crippen molar-refractivity contribution in [2.24, 2.45) is 5.41 Å². The lowest BCUT2D eigenvalue weighted by Crippen LogP contribution is -2.44. The number of rotatable bonds is 4. The molecule has 4 nitrogen and oxygen atoms in total. The van der Waals surface area contributed by atoms with E-state index in [1.165, 1.54) is 0 Å². The first-order valence-electron chi connectivity index (χ1n) is 6.81. The number of nitrogens with one attached hydrogen (secondary N) is 1. The van der Waals surface area contributed by atoms with Crippen LogP contribution in [0.25, 0.3) is 0 Å². The maximum atomic E-state index is 12.2. The topological polar surface area (TPSA) is 66.4 Å². The summed E-state index contributed by atoms with van der Waals surface area (Å²) < 4.78 is 11.3. The van der Waals surface area contributed by atoms with Gasteiger partial charge in [-0.1, -0.05) is 13.3 Å². The summed E-state index contributed by atoms with van der Waals surface area (Å²) in [5, 5.41) is 12.5. The summed E-state index contributed by atoms with van der Waals surface area (Å²) in [5.41, 5.74) is 0.340. The van der Waals surface area contributed by atoms with Gasteiger partial charge < -0.3 is 10.4 Å². The molecule has 1 aromatic carbocycles. The lowest BCUT2D eigenvalue weighted by atomic mass is 9.85. The second-order valence-corrected chi connectivity index (χ2v) is 7.09. The van der Waals surface area contributed by atoms with Gasteiger partial charge in [0.25, 0.3) is 5.91 Å². The molecule has 0 bridgehead atoms. The second kappa shape index (κ2) is 6.06. The van der Waals surface area contributed by atoms with Gasteiger partial charge in [0, 0.05) is 39.0 Å². The highest BCUT2D eigenvalue weighted by molar-refractivity contribution is 7.84. The Morgan fingerprint density at radius 1 is 1.45 bits per heavy atom. The first-order valence-corrected chi connectivity index (χ1v) is 8.37. The van der Waals surface area contributed by atoms with Crippen molar-refractivity contribution < 1.29 is 14.1 Å². The number of hydrogen-bond acceptors (Lipinski definition) is 3. The van der Waals surface area contributed by atoms with Crippen LogP contribution in [0.15, 0.2) is 29.2 Å². The molecule has 3 unspecified atom stereocenters. The molecule has 110 valence electrons. The fourth-order valence-corrected chi connectivity index (χ4v) is 3.23. The van der Waals surface area contributed by atoms with Crippen molar-refractivity contribution >= 4 is 16.7 Å². The molecular weight excluding hydrogens is 274 g/mol. The molecule has 3 atom stereocenters. The number of amides is 1. The standard InChI is InChI=1S/C15H21NO3S/c1-15(10-17)9-3-4-13(15)16-14(18)11-5-7-12(8-6-11)20(2)19/h5-8,13,17H,3-4,9-10H2,1-2H3,(H,16,18). The van der Waals surface area contributed by atoms with Gasteiger partial charge in [-0.05, 0) is 37.1 Å². The predicted octanol–water partition coefficient (Wildman–Crippen LogP) is 1.70. The molecule has 2 rings (SSSR count). The number of hydrogen-bond donors (Lipinski definition) is 2. The second-order valence-electron chi connectivity index (χ2n) is 5.71. The monoisotopic (exact) mass is 295 g/mol. The van der Waals surface area contributed by atoms with Crippen LogP contribution in [0, 0.1) is 5.41 Å². The fraction of sp³-hybridized carbons (Fsp3) is 0.533. The molecule has 0 aromatic heterocycles. The van der Waals surface area contributed by atoms with Gasteiger partial charge in [0.05, 0.1) is 6.61 Å². The van der Waals surface area contributed by atoms with Crippen LogP contribution in [0.1, 0.15) is 36.5 Å². The Kier molecular flexibility index (Phi) is 4.60. The smallest absolute Gasteiger partial charge is 0.251 e. The number of aliphatic hydroxyl groups is 1. The van der Waals surface area contributed by atoms with E-state index in [-0.39, 0.29) is 24.0 Å². The summed E-state index contributed by atoms with van der Waals surface area (Å²) >= 11 is 0. The largest absolute Gasteiger partial charge is 0.396 e. The van der Waals surface area contributed by atoms with Gasteiger partial charge >= 0.3 is 0 Å². The fourth-order valence-electron chi connectivity index (χ4n) is 2.71. The number of carbonyl (C=O) groups is 1. The quantitative estimate of drug-likeness (QED) is 0.888. The van der Waals surface area contributed by atoms with Crippen LogP contribution in [-0.2, 0) is 10.8 Å². The molecule has 1 amide bonds. The molecule has 1 fully saturated rings. The highest BCUT2D eigenvalue weighted by atomic mass is 32.2. The molecule has 5 heteroatoms. The van der Waals surface area contributed by atoms with Crippen LogP contribution in [0.4, 0.5) is 0 Å². The molecule has 20 heavy (non-hydrogen) atoms. The van der Waals surface area contributed by atoms with E-state index in [0.717, 1.165) is 19.3 Å². The van der Waals surface area contributed by atoms with E-state index in [1.807, 2.05) is 6.92 Å². The summed E-state index contributed by atoms with van der Waals surface area (Å²) in [7, 11) is -1.03. The molecule has 1 aliphatic rings. The van der Waals surface area contributed by atoms with E-state index in [4.69, 9.17) is 0 Å². The van der Waals surface area contributed by atoms with E-state index in [1.54, 1.807) is 30.5 Å². The van der Waals surface area contributed by atoms with E-state index < -0.39 is 10.8 Å². The molecule has 1 aromatic rings. The molecular formula is C15H21NO3S. The molecule has 0 aliphatic heterocycles. The van der Waals surface area contributed by atoms with Crippen molar-refractivity contribution in [2.75, 3.05) is 12.9 Å². The highest BCUT2D eigenvalue weighted by Gasteiger charge is 2.39. The Bertz CT molecular complexity index is 514. The van der Waals surface area contributed by atoms with E-state index in [9.17, 15) is 14.1 Å². The van der Waals surface area contributed by atoms with Gasteiger partial charge in [0.1, 0.15) is 0 Å². The number of carbonyl (C=O) groups excluding carboxylic acids is 1. The minimum absolute atomic E-state index is 0.0139. The maximum Gasteiger partial charge on any atom is 0.251 e. The van der Waals surface area contributed by atoms with Gasteiger partial charge in [-0.15, -0.1) is 0 Å². The molecule has 1 saturated carbocycles. The van der Waals surface area contributed by atoms with Crippen molar-refractivity contribution in [3.05, 3.63) is 29.8 Å². The lowest BCUT2D eigenvalue weighted by Gasteiger charge is -2.30. The lowest BCUT2D eigenvalue weighted by molar-refractivity contribution is 0.0830.